The Morgan fingerprint density at radius 3 is 2.52 bits per heavy atom. The first-order chi connectivity index (χ1) is 11.8. The van der Waals surface area contributed by atoms with Crippen molar-refractivity contribution in [1.29, 1.82) is 0 Å². The van der Waals surface area contributed by atoms with Crippen LogP contribution in [0.25, 0.3) is 0 Å². The van der Waals surface area contributed by atoms with Gasteiger partial charge in [-0.3, -0.25) is 9.59 Å². The van der Waals surface area contributed by atoms with Crippen LogP contribution in [0.15, 0.2) is 30.3 Å². The van der Waals surface area contributed by atoms with Crippen LogP contribution in [0.4, 0.5) is 0 Å². The maximum absolute atomic E-state index is 12.6. The van der Waals surface area contributed by atoms with Crippen molar-refractivity contribution in [2.24, 2.45) is 5.92 Å². The normalized spacial score (nSPS) is 11.0. The first-order valence-corrected chi connectivity index (χ1v) is 8.73. The zero-order chi connectivity index (χ0) is 18.6. The predicted molar refractivity (Wildman–Crippen MR) is 99.6 cm³/mol. The second-order valence-corrected chi connectivity index (χ2v) is 6.91. The molecule has 25 heavy (non-hydrogen) atoms. The van der Waals surface area contributed by atoms with Crippen molar-refractivity contribution in [1.82, 2.24) is 4.57 Å². The van der Waals surface area contributed by atoms with Crippen molar-refractivity contribution < 1.29 is 14.3 Å². The van der Waals surface area contributed by atoms with Gasteiger partial charge in [0, 0.05) is 29.1 Å². The number of hydrogen-bond donors (Lipinski definition) is 0. The van der Waals surface area contributed by atoms with Gasteiger partial charge in [-0.1, -0.05) is 26.0 Å². The molecule has 0 aliphatic rings. The molecule has 1 aromatic heterocycles. The highest BCUT2D eigenvalue weighted by Gasteiger charge is 2.16. The quantitative estimate of drug-likeness (QED) is 0.659. The fourth-order valence-electron chi connectivity index (χ4n) is 2.85. The molecule has 0 unspecified atom stereocenters. The third-order valence-electron chi connectivity index (χ3n) is 4.41. The van der Waals surface area contributed by atoms with Crippen molar-refractivity contribution in [3.05, 3.63) is 52.8 Å². The van der Waals surface area contributed by atoms with Crippen LogP contribution in [0.5, 0.6) is 5.75 Å². The summed E-state index contributed by atoms with van der Waals surface area (Å²) in [6, 6.07) is 8.86. The molecule has 0 aliphatic carbocycles. The highest BCUT2D eigenvalue weighted by Crippen LogP contribution is 2.19. The summed E-state index contributed by atoms with van der Waals surface area (Å²) in [6.07, 6.45) is 1.08. The summed E-state index contributed by atoms with van der Waals surface area (Å²) in [6.45, 7) is 10.8. The Hall–Kier alpha value is -2.36. The molecular formula is C21H27NO3. The van der Waals surface area contributed by atoms with Crippen LogP contribution in [0, 0.1) is 19.8 Å². The number of carbonyl (C=O) groups is 2. The highest BCUT2D eigenvalue weighted by molar-refractivity contribution is 5.98. The monoisotopic (exact) mass is 341 g/mol. The first kappa shape index (κ1) is 19.0. The van der Waals surface area contributed by atoms with Gasteiger partial charge in [0.2, 0.25) is 5.78 Å². The average molecular weight is 341 g/mol. The molecule has 0 spiro atoms. The lowest BCUT2D eigenvalue weighted by molar-refractivity contribution is 0.0920. The summed E-state index contributed by atoms with van der Waals surface area (Å²) in [5.41, 5.74) is 3.38. The summed E-state index contributed by atoms with van der Waals surface area (Å²) in [5.74, 6) is 1.09. The van der Waals surface area contributed by atoms with E-state index in [0.29, 0.717) is 22.8 Å². The summed E-state index contributed by atoms with van der Waals surface area (Å²) in [4.78, 5) is 24.0. The number of hydrogen-bond acceptors (Lipinski definition) is 3. The van der Waals surface area contributed by atoms with Crippen LogP contribution < -0.4 is 4.74 Å². The molecule has 4 heteroatoms. The van der Waals surface area contributed by atoms with E-state index in [2.05, 4.69) is 18.4 Å². The molecule has 0 saturated heterocycles. The number of nitrogens with zero attached hydrogens (tertiary/aromatic N) is 1. The molecule has 1 heterocycles. The fraction of sp³-hybridized carbons (Fsp3) is 0.429. The molecule has 4 nitrogen and oxygen atoms in total. The topological polar surface area (TPSA) is 48.3 Å². The smallest absolute Gasteiger partial charge is 0.202 e. The van der Waals surface area contributed by atoms with Crippen molar-refractivity contribution in [3.63, 3.8) is 0 Å². The minimum absolute atomic E-state index is 0.0227. The molecule has 0 N–H and O–H groups in total. The lowest BCUT2D eigenvalue weighted by Gasteiger charge is -2.11. The average Bonchev–Trinajstić information content (AvgIpc) is 2.85. The summed E-state index contributed by atoms with van der Waals surface area (Å²) in [5, 5.41) is 0. The molecule has 134 valence electrons. The maximum atomic E-state index is 12.6. The molecule has 0 amide bonds. The largest absolute Gasteiger partial charge is 0.485 e. The fourth-order valence-corrected chi connectivity index (χ4v) is 2.85. The number of Topliss-reactive ketones (excluding diaryl/α,β-unsaturated/α-hetero) is 2. The van der Waals surface area contributed by atoms with Crippen molar-refractivity contribution in [2.75, 3.05) is 6.61 Å². The van der Waals surface area contributed by atoms with Gasteiger partial charge in [0.25, 0.3) is 0 Å². The van der Waals surface area contributed by atoms with E-state index in [4.69, 9.17) is 4.74 Å². The second-order valence-electron chi connectivity index (χ2n) is 6.91. The standard InChI is InChI=1S/C21H27NO3/c1-14(2)9-10-22-15(3)11-20(16(22)4)21(24)13-25-19-8-6-7-18(12-19)17(5)23/h6-8,11-12,14H,9-10,13H2,1-5H3. The Labute approximate surface area is 149 Å². The minimum atomic E-state index is -0.0443. The molecule has 0 radical (unpaired) electrons. The van der Waals surface area contributed by atoms with E-state index in [0.717, 1.165) is 24.4 Å². The first-order valence-electron chi connectivity index (χ1n) is 8.73. The van der Waals surface area contributed by atoms with Gasteiger partial charge in [0.15, 0.2) is 12.4 Å². The summed E-state index contributed by atoms with van der Waals surface area (Å²) in [7, 11) is 0. The molecular weight excluding hydrogens is 314 g/mol. The Morgan fingerprint density at radius 2 is 1.88 bits per heavy atom. The van der Waals surface area contributed by atoms with Gasteiger partial charge in [0.1, 0.15) is 5.75 Å². The summed E-state index contributed by atoms with van der Waals surface area (Å²) >= 11 is 0. The molecule has 0 atom stereocenters. The van der Waals surface area contributed by atoms with Crippen LogP contribution in [0.2, 0.25) is 0 Å². The number of rotatable bonds is 8. The van der Waals surface area contributed by atoms with Gasteiger partial charge >= 0.3 is 0 Å². The van der Waals surface area contributed by atoms with E-state index in [1.54, 1.807) is 24.3 Å². The lowest BCUT2D eigenvalue weighted by Crippen LogP contribution is -2.13. The van der Waals surface area contributed by atoms with E-state index in [1.165, 1.54) is 6.92 Å². The van der Waals surface area contributed by atoms with Gasteiger partial charge < -0.3 is 9.30 Å². The zero-order valence-electron chi connectivity index (χ0n) is 15.8. The number of ether oxygens (including phenoxy) is 1. The molecule has 2 rings (SSSR count). The number of aryl methyl sites for hydroxylation is 1. The van der Waals surface area contributed by atoms with Crippen molar-refractivity contribution >= 4 is 11.6 Å². The molecule has 0 fully saturated rings. The second kappa shape index (κ2) is 8.15. The molecule has 2 aromatic rings. The third-order valence-corrected chi connectivity index (χ3v) is 4.41. The Morgan fingerprint density at radius 1 is 1.16 bits per heavy atom. The third kappa shape index (κ3) is 4.81. The van der Waals surface area contributed by atoms with E-state index in [1.807, 2.05) is 19.9 Å². The zero-order valence-corrected chi connectivity index (χ0v) is 15.8. The van der Waals surface area contributed by atoms with Crippen LogP contribution in [-0.4, -0.2) is 22.7 Å². The van der Waals surface area contributed by atoms with E-state index >= 15 is 0 Å². The van der Waals surface area contributed by atoms with E-state index < -0.39 is 0 Å². The minimum Gasteiger partial charge on any atom is -0.485 e. The Bertz CT molecular complexity index is 771. The Balaban J connectivity index is 2.07. The number of benzene rings is 1. The number of ketones is 2. The number of aromatic nitrogens is 1. The van der Waals surface area contributed by atoms with Crippen LogP contribution in [0.1, 0.15) is 59.3 Å². The highest BCUT2D eigenvalue weighted by atomic mass is 16.5. The van der Waals surface area contributed by atoms with Crippen LogP contribution in [-0.2, 0) is 6.54 Å². The molecule has 0 aliphatic heterocycles. The van der Waals surface area contributed by atoms with Gasteiger partial charge in [-0.15, -0.1) is 0 Å². The van der Waals surface area contributed by atoms with Crippen molar-refractivity contribution in [3.8, 4) is 5.75 Å². The molecule has 0 bridgehead atoms. The van der Waals surface area contributed by atoms with E-state index in [9.17, 15) is 9.59 Å². The lowest BCUT2D eigenvalue weighted by atomic mass is 10.1. The SMILES string of the molecule is CC(=O)c1cccc(OCC(=O)c2cc(C)n(CCC(C)C)c2C)c1. The maximum Gasteiger partial charge on any atom is 0.202 e. The Kier molecular flexibility index (Phi) is 6.18. The molecule has 1 aromatic carbocycles. The van der Waals surface area contributed by atoms with Gasteiger partial charge in [-0.05, 0) is 51.3 Å². The van der Waals surface area contributed by atoms with Gasteiger partial charge in [-0.25, -0.2) is 0 Å². The predicted octanol–water partition coefficient (Wildman–Crippen LogP) is 4.62. The van der Waals surface area contributed by atoms with Crippen LogP contribution in [0.3, 0.4) is 0 Å². The van der Waals surface area contributed by atoms with E-state index in [-0.39, 0.29) is 18.2 Å². The van der Waals surface area contributed by atoms with Crippen molar-refractivity contribution in [2.45, 2.75) is 47.6 Å². The summed E-state index contributed by atoms with van der Waals surface area (Å²) < 4.78 is 7.80. The van der Waals surface area contributed by atoms with Crippen LogP contribution >= 0.6 is 0 Å². The molecule has 0 saturated carbocycles. The van der Waals surface area contributed by atoms with Gasteiger partial charge in [0.05, 0.1) is 0 Å². The van der Waals surface area contributed by atoms with Gasteiger partial charge in [-0.2, -0.15) is 0 Å². The number of carbonyl (C=O) groups excluding carboxylic acids is 2.